The maximum Gasteiger partial charge on any atom is 0.264 e. The van der Waals surface area contributed by atoms with Crippen LogP contribution >= 0.6 is 0 Å². The highest BCUT2D eigenvalue weighted by Crippen LogP contribution is 2.69. The standard InChI is InChI=1S/C26H46O5S/c1-5-18-22-15-17(27)10-12-26(22,4)21-11-13-25(3)19(8-9-20(25)23(21)24(18)28)16(2)7-6-14-32(29,30)31/h16-24,27-28H,5-15H2,1-4H3,(H,29,30,31)/t16-,17-,18-,19-,20?,21?,22+,23+,24-,25-,26-/m1/s1. The molecule has 32 heavy (non-hydrogen) atoms. The second kappa shape index (κ2) is 8.80. The molecule has 0 heterocycles. The number of hydrogen-bond donors (Lipinski definition) is 3. The summed E-state index contributed by atoms with van der Waals surface area (Å²) in [5.41, 5.74) is 0.430. The van der Waals surface area contributed by atoms with Crippen LogP contribution in [-0.4, -0.2) is 41.1 Å². The number of aliphatic hydroxyl groups is 2. The molecule has 5 nitrogen and oxygen atoms in total. The zero-order valence-corrected chi connectivity index (χ0v) is 21.4. The third kappa shape index (κ3) is 4.09. The Morgan fingerprint density at radius 2 is 1.62 bits per heavy atom. The van der Waals surface area contributed by atoms with Gasteiger partial charge in [0.15, 0.2) is 0 Å². The zero-order chi connectivity index (χ0) is 23.5. The van der Waals surface area contributed by atoms with E-state index in [1.54, 1.807) is 0 Å². The smallest absolute Gasteiger partial charge is 0.264 e. The van der Waals surface area contributed by atoms with Crippen LogP contribution in [0.25, 0.3) is 0 Å². The van der Waals surface area contributed by atoms with Crippen molar-refractivity contribution < 1.29 is 23.2 Å². The first-order valence-corrected chi connectivity index (χ1v) is 14.8. The molecule has 4 aliphatic carbocycles. The molecule has 0 aromatic rings. The summed E-state index contributed by atoms with van der Waals surface area (Å²) < 4.78 is 31.4. The molecule has 0 spiro atoms. The first-order valence-electron chi connectivity index (χ1n) is 13.2. The van der Waals surface area contributed by atoms with Gasteiger partial charge in [-0.25, -0.2) is 0 Å². The minimum absolute atomic E-state index is 0.141. The van der Waals surface area contributed by atoms with Gasteiger partial charge in [-0.05, 0) is 110 Å². The Bertz CT molecular complexity index is 783. The van der Waals surface area contributed by atoms with E-state index in [0.29, 0.717) is 41.9 Å². The average Bonchev–Trinajstić information content (AvgIpc) is 3.06. The third-order valence-electron chi connectivity index (χ3n) is 11.2. The lowest BCUT2D eigenvalue weighted by molar-refractivity contribution is -0.203. The van der Waals surface area contributed by atoms with Crippen LogP contribution in [0.1, 0.15) is 91.9 Å². The molecular formula is C26H46O5S. The van der Waals surface area contributed by atoms with Crippen LogP contribution in [0.4, 0.5) is 0 Å². The molecule has 4 fully saturated rings. The number of hydrogen-bond acceptors (Lipinski definition) is 4. The van der Waals surface area contributed by atoms with E-state index in [4.69, 9.17) is 4.55 Å². The van der Waals surface area contributed by atoms with Crippen molar-refractivity contribution in [3.63, 3.8) is 0 Å². The van der Waals surface area contributed by atoms with Crippen LogP contribution in [0.15, 0.2) is 0 Å². The molecule has 6 heteroatoms. The summed E-state index contributed by atoms with van der Waals surface area (Å²) in [6.07, 6.45) is 9.39. The van der Waals surface area contributed by atoms with E-state index in [1.165, 1.54) is 25.7 Å². The SMILES string of the molecule is CC[C@H]1[C@@H](O)[C@H]2C3CC[C@H]([C@H](C)CCCS(=O)(=O)O)[C@@]3(C)CCC2[C@@]2(C)CC[C@@H](O)C[C@@H]12. The molecule has 0 saturated heterocycles. The lowest BCUT2D eigenvalue weighted by atomic mass is 9.41. The maximum atomic E-state index is 11.7. The monoisotopic (exact) mass is 470 g/mol. The summed E-state index contributed by atoms with van der Waals surface area (Å²) in [4.78, 5) is 0. The predicted molar refractivity (Wildman–Crippen MR) is 127 cm³/mol. The van der Waals surface area contributed by atoms with Gasteiger partial charge in [0, 0.05) is 0 Å². The molecule has 4 aliphatic rings. The van der Waals surface area contributed by atoms with E-state index in [2.05, 4.69) is 27.7 Å². The maximum absolute atomic E-state index is 11.7. The van der Waals surface area contributed by atoms with Crippen molar-refractivity contribution >= 4 is 10.1 Å². The fourth-order valence-corrected chi connectivity index (χ4v) is 10.3. The van der Waals surface area contributed by atoms with Gasteiger partial charge in [-0.15, -0.1) is 0 Å². The normalized spacial score (nSPS) is 49.7. The number of aliphatic hydroxyl groups excluding tert-OH is 2. The second-order valence-electron chi connectivity index (χ2n) is 12.5. The molecule has 2 unspecified atom stereocenters. The van der Waals surface area contributed by atoms with Crippen molar-refractivity contribution in [2.24, 2.45) is 52.3 Å². The lowest BCUT2D eigenvalue weighted by Crippen LogP contribution is -2.62. The van der Waals surface area contributed by atoms with Gasteiger partial charge in [-0.2, -0.15) is 8.42 Å². The Balaban J connectivity index is 1.56. The van der Waals surface area contributed by atoms with Crippen LogP contribution in [0.5, 0.6) is 0 Å². The Kier molecular flexibility index (Phi) is 6.86. The van der Waals surface area contributed by atoms with Crippen LogP contribution in [0.3, 0.4) is 0 Å². The van der Waals surface area contributed by atoms with E-state index >= 15 is 0 Å². The molecule has 0 radical (unpaired) electrons. The van der Waals surface area contributed by atoms with Crippen molar-refractivity contribution in [1.29, 1.82) is 0 Å². The quantitative estimate of drug-likeness (QED) is 0.479. The number of rotatable bonds is 6. The van der Waals surface area contributed by atoms with Crippen LogP contribution in [0, 0.1) is 52.3 Å². The highest BCUT2D eigenvalue weighted by molar-refractivity contribution is 7.85. The van der Waals surface area contributed by atoms with Crippen LogP contribution in [-0.2, 0) is 10.1 Å². The molecule has 0 amide bonds. The Morgan fingerprint density at radius 1 is 0.969 bits per heavy atom. The van der Waals surface area contributed by atoms with Crippen molar-refractivity contribution in [2.45, 2.75) is 104 Å². The Morgan fingerprint density at radius 3 is 2.28 bits per heavy atom. The number of fused-ring (bicyclic) bond motifs is 5. The summed E-state index contributed by atoms with van der Waals surface area (Å²) in [5.74, 6) is 2.98. The average molecular weight is 471 g/mol. The van der Waals surface area contributed by atoms with Crippen molar-refractivity contribution in [1.82, 2.24) is 0 Å². The summed E-state index contributed by atoms with van der Waals surface area (Å²) >= 11 is 0. The van der Waals surface area contributed by atoms with E-state index in [9.17, 15) is 18.6 Å². The molecule has 186 valence electrons. The molecule has 3 N–H and O–H groups in total. The first-order chi connectivity index (χ1) is 14.9. The Hall–Kier alpha value is -0.170. The fourth-order valence-electron chi connectivity index (χ4n) is 9.72. The molecule has 0 aromatic heterocycles. The highest BCUT2D eigenvalue weighted by atomic mass is 32.2. The Labute approximate surface area is 195 Å². The minimum atomic E-state index is -3.89. The molecular weight excluding hydrogens is 424 g/mol. The van der Waals surface area contributed by atoms with Crippen molar-refractivity contribution in [3.8, 4) is 0 Å². The van der Waals surface area contributed by atoms with Gasteiger partial charge in [-0.3, -0.25) is 4.55 Å². The van der Waals surface area contributed by atoms with Crippen molar-refractivity contribution in [3.05, 3.63) is 0 Å². The summed E-state index contributed by atoms with van der Waals surface area (Å²) in [7, 11) is -3.89. The largest absolute Gasteiger partial charge is 0.393 e. The van der Waals surface area contributed by atoms with E-state index < -0.39 is 10.1 Å². The molecule has 0 bridgehead atoms. The molecule has 0 aromatic carbocycles. The highest BCUT2D eigenvalue weighted by Gasteiger charge is 2.64. The lowest BCUT2D eigenvalue weighted by Gasteiger charge is -2.64. The molecule has 4 saturated carbocycles. The first kappa shape index (κ1) is 24.9. The van der Waals surface area contributed by atoms with E-state index in [0.717, 1.165) is 32.1 Å². The summed E-state index contributed by atoms with van der Waals surface area (Å²) in [6, 6.07) is 0. The molecule has 11 atom stereocenters. The van der Waals surface area contributed by atoms with Gasteiger partial charge < -0.3 is 10.2 Å². The molecule has 4 rings (SSSR count). The van der Waals surface area contributed by atoms with E-state index in [-0.39, 0.29) is 34.7 Å². The summed E-state index contributed by atoms with van der Waals surface area (Å²) in [6.45, 7) is 9.41. The van der Waals surface area contributed by atoms with Gasteiger partial charge in [0.1, 0.15) is 0 Å². The summed E-state index contributed by atoms with van der Waals surface area (Å²) in [5, 5.41) is 22.2. The van der Waals surface area contributed by atoms with Gasteiger partial charge >= 0.3 is 0 Å². The predicted octanol–water partition coefficient (Wildman–Crippen LogP) is 4.92. The fraction of sp³-hybridized carbons (Fsp3) is 1.00. The van der Waals surface area contributed by atoms with Gasteiger partial charge in [-0.1, -0.05) is 34.1 Å². The van der Waals surface area contributed by atoms with Gasteiger partial charge in [0.25, 0.3) is 10.1 Å². The zero-order valence-electron chi connectivity index (χ0n) is 20.5. The van der Waals surface area contributed by atoms with Crippen LogP contribution < -0.4 is 0 Å². The minimum Gasteiger partial charge on any atom is -0.393 e. The van der Waals surface area contributed by atoms with Gasteiger partial charge in [0.2, 0.25) is 0 Å². The molecule has 0 aliphatic heterocycles. The van der Waals surface area contributed by atoms with Crippen molar-refractivity contribution in [2.75, 3.05) is 5.75 Å². The second-order valence-corrected chi connectivity index (χ2v) is 14.1. The van der Waals surface area contributed by atoms with Crippen LogP contribution in [0.2, 0.25) is 0 Å². The van der Waals surface area contributed by atoms with E-state index in [1.807, 2.05) is 0 Å². The van der Waals surface area contributed by atoms with Gasteiger partial charge in [0.05, 0.1) is 18.0 Å². The topological polar surface area (TPSA) is 94.8 Å². The third-order valence-corrected chi connectivity index (χ3v) is 12.0.